The summed E-state index contributed by atoms with van der Waals surface area (Å²) in [6, 6.07) is 15.7. The molecule has 2 aromatic carbocycles. The van der Waals surface area contributed by atoms with Gasteiger partial charge in [0.25, 0.3) is 0 Å². The van der Waals surface area contributed by atoms with E-state index in [2.05, 4.69) is 11.1 Å². The number of imidazole rings is 1. The van der Waals surface area contributed by atoms with Crippen molar-refractivity contribution in [2.75, 3.05) is 0 Å². The number of nitrogens with zero attached hydrogens (tertiary/aromatic N) is 2. The average molecular weight is 292 g/mol. The number of hydrogen-bond acceptors (Lipinski definition) is 2. The van der Waals surface area contributed by atoms with E-state index in [4.69, 9.17) is 0 Å². The van der Waals surface area contributed by atoms with Gasteiger partial charge in [-0.05, 0) is 25.5 Å². The van der Waals surface area contributed by atoms with Gasteiger partial charge < -0.3 is 5.11 Å². The fourth-order valence-corrected chi connectivity index (χ4v) is 2.53. The lowest BCUT2D eigenvalue weighted by Crippen LogP contribution is -1.99. The number of hydrogen-bond donors (Lipinski definition) is 1. The third kappa shape index (κ3) is 2.51. The number of aromatic carboxylic acids is 1. The van der Waals surface area contributed by atoms with Gasteiger partial charge >= 0.3 is 5.97 Å². The second kappa shape index (κ2) is 5.48. The number of aromatic nitrogens is 2. The molecule has 1 aromatic heterocycles. The van der Waals surface area contributed by atoms with Gasteiger partial charge in [0.15, 0.2) is 5.69 Å². The Bertz CT molecular complexity index is 836. The third-order valence-electron chi connectivity index (χ3n) is 3.57. The van der Waals surface area contributed by atoms with Crippen molar-refractivity contribution in [2.24, 2.45) is 0 Å². The van der Waals surface area contributed by atoms with E-state index in [9.17, 15) is 9.90 Å². The van der Waals surface area contributed by atoms with E-state index in [-0.39, 0.29) is 5.69 Å². The van der Waals surface area contributed by atoms with Gasteiger partial charge in [0.05, 0.1) is 5.69 Å². The lowest BCUT2D eigenvalue weighted by Gasteiger charge is -2.11. The molecule has 0 spiro atoms. The highest BCUT2D eigenvalue weighted by Crippen LogP contribution is 2.25. The molecule has 0 saturated carbocycles. The summed E-state index contributed by atoms with van der Waals surface area (Å²) in [5.41, 5.74) is 4.10. The molecule has 0 fully saturated rings. The number of carbonyl (C=O) groups is 1. The molecule has 4 nitrogen and oxygen atoms in total. The minimum atomic E-state index is -1.03. The first-order chi connectivity index (χ1) is 10.6. The van der Waals surface area contributed by atoms with Crippen LogP contribution in [0.15, 0.2) is 54.7 Å². The first kappa shape index (κ1) is 14.1. The Morgan fingerprint density at radius 2 is 1.82 bits per heavy atom. The molecule has 0 atom stereocenters. The second-order valence-corrected chi connectivity index (χ2v) is 5.28. The Morgan fingerprint density at radius 3 is 2.45 bits per heavy atom. The van der Waals surface area contributed by atoms with Crippen molar-refractivity contribution in [3.05, 3.63) is 71.5 Å². The van der Waals surface area contributed by atoms with Crippen LogP contribution in [0.3, 0.4) is 0 Å². The molecule has 0 unspecified atom stereocenters. The molecule has 110 valence electrons. The van der Waals surface area contributed by atoms with Crippen LogP contribution in [0.1, 0.15) is 21.6 Å². The SMILES string of the molecule is Cc1ccc(-n2cc(C(=O)O)nc2-c2ccccc2)c(C)c1. The third-order valence-corrected chi connectivity index (χ3v) is 3.57. The highest BCUT2D eigenvalue weighted by molar-refractivity contribution is 5.86. The summed E-state index contributed by atoms with van der Waals surface area (Å²) in [6.45, 7) is 4.04. The maximum atomic E-state index is 11.3. The Labute approximate surface area is 128 Å². The summed E-state index contributed by atoms with van der Waals surface area (Å²) in [5, 5.41) is 9.25. The lowest BCUT2D eigenvalue weighted by atomic mass is 10.1. The summed E-state index contributed by atoms with van der Waals surface area (Å²) in [7, 11) is 0. The second-order valence-electron chi connectivity index (χ2n) is 5.28. The van der Waals surface area contributed by atoms with E-state index in [1.165, 1.54) is 5.56 Å². The maximum Gasteiger partial charge on any atom is 0.356 e. The molecule has 0 bridgehead atoms. The molecule has 0 saturated heterocycles. The largest absolute Gasteiger partial charge is 0.476 e. The van der Waals surface area contributed by atoms with E-state index in [0.717, 1.165) is 16.8 Å². The van der Waals surface area contributed by atoms with Crippen LogP contribution in [0.25, 0.3) is 17.1 Å². The Balaban J connectivity index is 2.24. The minimum absolute atomic E-state index is 0.0406. The molecule has 3 aromatic rings. The van der Waals surface area contributed by atoms with E-state index >= 15 is 0 Å². The van der Waals surface area contributed by atoms with Crippen molar-refractivity contribution in [1.29, 1.82) is 0 Å². The molecule has 22 heavy (non-hydrogen) atoms. The quantitative estimate of drug-likeness (QED) is 0.797. The fourth-order valence-electron chi connectivity index (χ4n) is 2.53. The van der Waals surface area contributed by atoms with Gasteiger partial charge in [-0.15, -0.1) is 0 Å². The van der Waals surface area contributed by atoms with Gasteiger partial charge in [-0.1, -0.05) is 48.0 Å². The topological polar surface area (TPSA) is 55.1 Å². The van der Waals surface area contributed by atoms with E-state index in [0.29, 0.717) is 5.82 Å². The lowest BCUT2D eigenvalue weighted by molar-refractivity contribution is 0.0691. The van der Waals surface area contributed by atoms with Crippen LogP contribution < -0.4 is 0 Å². The number of carboxylic acids is 1. The van der Waals surface area contributed by atoms with Crippen LogP contribution in [0, 0.1) is 13.8 Å². The van der Waals surface area contributed by atoms with Crippen molar-refractivity contribution in [3.63, 3.8) is 0 Å². The molecule has 0 radical (unpaired) electrons. The summed E-state index contributed by atoms with van der Waals surface area (Å²) < 4.78 is 1.84. The Kier molecular flexibility index (Phi) is 3.51. The highest BCUT2D eigenvalue weighted by atomic mass is 16.4. The van der Waals surface area contributed by atoms with Crippen molar-refractivity contribution in [1.82, 2.24) is 9.55 Å². The molecule has 0 aliphatic rings. The predicted octanol–water partition coefficient (Wildman–Crippen LogP) is 3.85. The zero-order valence-electron chi connectivity index (χ0n) is 12.4. The fraction of sp³-hybridized carbons (Fsp3) is 0.111. The van der Waals surface area contributed by atoms with Crippen molar-refractivity contribution >= 4 is 5.97 Å². The molecule has 0 amide bonds. The highest BCUT2D eigenvalue weighted by Gasteiger charge is 2.16. The van der Waals surface area contributed by atoms with Crippen LogP contribution in [0.2, 0.25) is 0 Å². The van der Waals surface area contributed by atoms with Crippen LogP contribution >= 0.6 is 0 Å². The van der Waals surface area contributed by atoms with Crippen LogP contribution in [-0.4, -0.2) is 20.6 Å². The smallest absolute Gasteiger partial charge is 0.356 e. The van der Waals surface area contributed by atoms with Gasteiger partial charge in [-0.3, -0.25) is 4.57 Å². The summed E-state index contributed by atoms with van der Waals surface area (Å²) in [6.07, 6.45) is 1.57. The van der Waals surface area contributed by atoms with Gasteiger partial charge in [0.2, 0.25) is 0 Å². The summed E-state index contributed by atoms with van der Waals surface area (Å²) in [5.74, 6) is -0.398. The van der Waals surface area contributed by atoms with E-state index < -0.39 is 5.97 Å². The van der Waals surface area contributed by atoms with Crippen LogP contribution in [0.5, 0.6) is 0 Å². The molecule has 4 heteroatoms. The van der Waals surface area contributed by atoms with Gasteiger partial charge in [0, 0.05) is 11.8 Å². The molecule has 0 aliphatic heterocycles. The molecular weight excluding hydrogens is 276 g/mol. The maximum absolute atomic E-state index is 11.3. The van der Waals surface area contributed by atoms with Gasteiger partial charge in [-0.2, -0.15) is 0 Å². The predicted molar refractivity (Wildman–Crippen MR) is 85.4 cm³/mol. The standard InChI is InChI=1S/C18H16N2O2/c1-12-8-9-16(13(2)10-12)20-11-15(18(21)22)19-17(20)14-6-4-3-5-7-14/h3-11H,1-2H3,(H,21,22). The van der Waals surface area contributed by atoms with Crippen LogP contribution in [-0.2, 0) is 0 Å². The molecule has 1 heterocycles. The minimum Gasteiger partial charge on any atom is -0.476 e. The number of aryl methyl sites for hydroxylation is 2. The van der Waals surface area contributed by atoms with E-state index in [1.54, 1.807) is 6.20 Å². The normalized spacial score (nSPS) is 10.6. The van der Waals surface area contributed by atoms with Crippen molar-refractivity contribution < 1.29 is 9.90 Å². The van der Waals surface area contributed by atoms with Crippen molar-refractivity contribution in [3.8, 4) is 17.1 Å². The Morgan fingerprint density at radius 1 is 1.09 bits per heavy atom. The average Bonchev–Trinajstić information content (AvgIpc) is 2.93. The number of benzene rings is 2. The molecule has 1 N–H and O–H groups in total. The van der Waals surface area contributed by atoms with Crippen LogP contribution in [0.4, 0.5) is 0 Å². The molecule has 0 aliphatic carbocycles. The summed E-state index contributed by atoms with van der Waals surface area (Å²) >= 11 is 0. The van der Waals surface area contributed by atoms with Crippen molar-refractivity contribution in [2.45, 2.75) is 13.8 Å². The Hall–Kier alpha value is -2.88. The van der Waals surface area contributed by atoms with E-state index in [1.807, 2.05) is 60.9 Å². The monoisotopic (exact) mass is 292 g/mol. The zero-order valence-corrected chi connectivity index (χ0v) is 12.4. The molecular formula is C18H16N2O2. The van der Waals surface area contributed by atoms with Gasteiger partial charge in [0.1, 0.15) is 5.82 Å². The number of rotatable bonds is 3. The first-order valence-electron chi connectivity index (χ1n) is 7.02. The first-order valence-corrected chi connectivity index (χ1v) is 7.02. The summed E-state index contributed by atoms with van der Waals surface area (Å²) in [4.78, 5) is 15.6. The number of carboxylic acid groups (broad SMARTS) is 1. The van der Waals surface area contributed by atoms with Gasteiger partial charge in [-0.25, -0.2) is 9.78 Å². The zero-order chi connectivity index (χ0) is 15.7. The molecule has 3 rings (SSSR count).